The van der Waals surface area contributed by atoms with Gasteiger partial charge in [-0.1, -0.05) is 0 Å². The minimum atomic E-state index is -3.85. The van der Waals surface area contributed by atoms with Crippen molar-refractivity contribution in [2.45, 2.75) is 29.9 Å². The van der Waals surface area contributed by atoms with E-state index in [1.165, 1.54) is 0 Å². The first-order chi connectivity index (χ1) is 8.29. The van der Waals surface area contributed by atoms with E-state index in [2.05, 4.69) is 20.7 Å². The average Bonchev–Trinajstić information content (AvgIpc) is 2.58. The second-order valence-corrected chi connectivity index (χ2v) is 6.40. The predicted octanol–water partition coefficient (Wildman–Crippen LogP) is 0.542. The number of carboxylic acids is 1. The van der Waals surface area contributed by atoms with Gasteiger partial charge in [0.2, 0.25) is 15.8 Å². The fraction of sp³-hybridized carbons (Fsp3) is 0.444. The Bertz CT molecular complexity index is 574. The van der Waals surface area contributed by atoms with Crippen molar-refractivity contribution < 1.29 is 27.8 Å². The Balaban J connectivity index is 2.21. The van der Waals surface area contributed by atoms with Crippen molar-refractivity contribution >= 4 is 31.9 Å². The highest BCUT2D eigenvalue weighted by Crippen LogP contribution is 2.28. The normalized spacial score (nSPS) is 23.7. The molecule has 1 heterocycles. The predicted molar refractivity (Wildman–Crippen MR) is 62.7 cm³/mol. The highest BCUT2D eigenvalue weighted by Gasteiger charge is 2.33. The Hall–Kier alpha value is -0.900. The number of nitrogens with one attached hydrogen (secondary N) is 1. The van der Waals surface area contributed by atoms with Crippen LogP contribution in [0.25, 0.3) is 0 Å². The van der Waals surface area contributed by atoms with Gasteiger partial charge >= 0.3 is 5.97 Å². The molecule has 9 heteroatoms. The molecule has 0 aliphatic heterocycles. The summed E-state index contributed by atoms with van der Waals surface area (Å²) < 4.78 is 30.8. The van der Waals surface area contributed by atoms with Crippen LogP contribution in [-0.2, 0) is 10.0 Å². The Labute approximate surface area is 111 Å². The molecule has 1 aliphatic rings. The van der Waals surface area contributed by atoms with Crippen LogP contribution in [0, 0.1) is 0 Å². The molecule has 1 aromatic rings. The average molecular weight is 340 g/mol. The zero-order chi connectivity index (χ0) is 13.5. The van der Waals surface area contributed by atoms with Crippen molar-refractivity contribution in [3.8, 4) is 0 Å². The first-order valence-corrected chi connectivity index (χ1v) is 7.30. The van der Waals surface area contributed by atoms with E-state index in [1.807, 2.05) is 0 Å². The summed E-state index contributed by atoms with van der Waals surface area (Å²) in [6.07, 6.45) is 0.209. The van der Waals surface area contributed by atoms with E-state index in [9.17, 15) is 13.2 Å². The number of aliphatic hydroxyl groups excluding tert-OH is 1. The first-order valence-electron chi connectivity index (χ1n) is 5.02. The fourth-order valence-electron chi connectivity index (χ4n) is 1.61. The third-order valence-corrected chi connectivity index (χ3v) is 4.97. The van der Waals surface area contributed by atoms with E-state index in [0.717, 1.165) is 6.07 Å². The largest absolute Gasteiger partial charge is 0.475 e. The van der Waals surface area contributed by atoms with E-state index >= 15 is 0 Å². The number of aliphatic hydroxyl groups is 1. The number of hydrogen-bond donors (Lipinski definition) is 3. The van der Waals surface area contributed by atoms with Crippen molar-refractivity contribution in [2.24, 2.45) is 0 Å². The number of carboxylic acid groups (broad SMARTS) is 1. The van der Waals surface area contributed by atoms with E-state index in [1.54, 1.807) is 0 Å². The maximum absolute atomic E-state index is 11.9. The van der Waals surface area contributed by atoms with E-state index < -0.39 is 27.9 Å². The SMILES string of the molecule is O=C(O)c1cc(S(=O)(=O)NC2CC(O)C2)c(Br)o1. The molecular formula is C9H10BrNO6S. The second kappa shape index (κ2) is 4.65. The molecule has 0 unspecified atom stereocenters. The Morgan fingerprint density at radius 2 is 2.11 bits per heavy atom. The summed E-state index contributed by atoms with van der Waals surface area (Å²) in [5, 5.41) is 17.8. The summed E-state index contributed by atoms with van der Waals surface area (Å²) in [4.78, 5) is 10.4. The third kappa shape index (κ3) is 2.58. The highest BCUT2D eigenvalue weighted by atomic mass is 79.9. The van der Waals surface area contributed by atoms with Gasteiger partial charge in [-0.15, -0.1) is 0 Å². The summed E-state index contributed by atoms with van der Waals surface area (Å²) in [5.41, 5.74) is 0. The molecule has 0 bridgehead atoms. The minimum Gasteiger partial charge on any atom is -0.475 e. The second-order valence-electron chi connectivity index (χ2n) is 4.00. The van der Waals surface area contributed by atoms with Crippen LogP contribution in [0.15, 0.2) is 20.0 Å². The Kier molecular flexibility index (Phi) is 3.49. The topological polar surface area (TPSA) is 117 Å². The van der Waals surface area contributed by atoms with Gasteiger partial charge in [-0.3, -0.25) is 0 Å². The molecule has 3 N–H and O–H groups in total. The molecule has 0 spiro atoms. The van der Waals surface area contributed by atoms with Gasteiger partial charge in [-0.25, -0.2) is 17.9 Å². The van der Waals surface area contributed by atoms with E-state index in [-0.39, 0.29) is 15.6 Å². The molecule has 1 aliphatic carbocycles. The number of rotatable bonds is 4. The van der Waals surface area contributed by atoms with Crippen molar-refractivity contribution in [3.63, 3.8) is 0 Å². The van der Waals surface area contributed by atoms with Gasteiger partial charge in [0.1, 0.15) is 4.90 Å². The quantitative estimate of drug-likeness (QED) is 0.737. The molecule has 0 radical (unpaired) electrons. The third-order valence-electron chi connectivity index (χ3n) is 2.59. The van der Waals surface area contributed by atoms with Crippen LogP contribution >= 0.6 is 15.9 Å². The van der Waals surface area contributed by atoms with Gasteiger partial charge in [0.25, 0.3) is 0 Å². The zero-order valence-corrected chi connectivity index (χ0v) is 11.4. The van der Waals surface area contributed by atoms with Crippen molar-refractivity contribution in [1.82, 2.24) is 4.72 Å². The van der Waals surface area contributed by atoms with Gasteiger partial charge in [-0.05, 0) is 28.8 Å². The summed E-state index contributed by atoms with van der Waals surface area (Å²) in [6.45, 7) is 0. The first kappa shape index (κ1) is 13.5. The molecule has 0 amide bonds. The number of halogens is 1. The van der Waals surface area contributed by atoms with Gasteiger partial charge in [0, 0.05) is 12.1 Å². The molecule has 7 nitrogen and oxygen atoms in total. The van der Waals surface area contributed by atoms with Crippen LogP contribution in [-0.4, -0.2) is 36.7 Å². The van der Waals surface area contributed by atoms with Gasteiger partial charge in [0.05, 0.1) is 6.10 Å². The Morgan fingerprint density at radius 3 is 2.56 bits per heavy atom. The lowest BCUT2D eigenvalue weighted by atomic mass is 9.91. The zero-order valence-electron chi connectivity index (χ0n) is 8.96. The van der Waals surface area contributed by atoms with E-state index in [4.69, 9.17) is 14.6 Å². The summed E-state index contributed by atoms with van der Waals surface area (Å²) >= 11 is 2.86. The fourth-order valence-corrected chi connectivity index (χ4v) is 3.81. The summed E-state index contributed by atoms with van der Waals surface area (Å²) in [6, 6.07) is 0.601. The monoisotopic (exact) mass is 339 g/mol. The number of carbonyl (C=O) groups is 1. The van der Waals surface area contributed by atoms with Crippen LogP contribution in [0.5, 0.6) is 0 Å². The summed E-state index contributed by atoms with van der Waals surface area (Å²) in [7, 11) is -3.85. The van der Waals surface area contributed by atoms with Crippen LogP contribution in [0.2, 0.25) is 0 Å². The lowest BCUT2D eigenvalue weighted by molar-refractivity contribution is 0.0660. The van der Waals surface area contributed by atoms with Crippen LogP contribution in [0.1, 0.15) is 23.4 Å². The van der Waals surface area contributed by atoms with E-state index in [0.29, 0.717) is 12.8 Å². The standard InChI is InChI=1S/C9H10BrNO6S/c10-8-7(3-6(17-8)9(13)14)18(15,16)11-4-1-5(12)2-4/h3-5,11-12H,1-2H2,(H,13,14). The number of aromatic carboxylic acids is 1. The molecular weight excluding hydrogens is 330 g/mol. The molecule has 0 atom stereocenters. The molecule has 100 valence electrons. The molecule has 0 aromatic carbocycles. The molecule has 2 rings (SSSR count). The molecule has 18 heavy (non-hydrogen) atoms. The Morgan fingerprint density at radius 1 is 1.50 bits per heavy atom. The minimum absolute atomic E-state index is 0.160. The summed E-state index contributed by atoms with van der Waals surface area (Å²) in [5.74, 6) is -1.81. The maximum atomic E-state index is 11.9. The molecule has 1 saturated carbocycles. The van der Waals surface area contributed by atoms with Gasteiger partial charge in [-0.2, -0.15) is 0 Å². The molecule has 1 aromatic heterocycles. The van der Waals surface area contributed by atoms with Crippen LogP contribution < -0.4 is 4.72 Å². The van der Waals surface area contributed by atoms with Crippen molar-refractivity contribution in [3.05, 3.63) is 16.5 Å². The number of furan rings is 1. The molecule has 0 saturated heterocycles. The lowest BCUT2D eigenvalue weighted by Crippen LogP contribution is -2.46. The van der Waals surface area contributed by atoms with Gasteiger partial charge < -0.3 is 14.6 Å². The van der Waals surface area contributed by atoms with Crippen LogP contribution in [0.4, 0.5) is 0 Å². The lowest BCUT2D eigenvalue weighted by Gasteiger charge is -2.31. The maximum Gasteiger partial charge on any atom is 0.371 e. The van der Waals surface area contributed by atoms with Crippen molar-refractivity contribution in [1.29, 1.82) is 0 Å². The number of sulfonamides is 1. The van der Waals surface area contributed by atoms with Crippen LogP contribution in [0.3, 0.4) is 0 Å². The number of hydrogen-bond acceptors (Lipinski definition) is 5. The van der Waals surface area contributed by atoms with Crippen molar-refractivity contribution in [2.75, 3.05) is 0 Å². The highest BCUT2D eigenvalue weighted by molar-refractivity contribution is 9.10. The molecule has 1 fully saturated rings. The smallest absolute Gasteiger partial charge is 0.371 e. The van der Waals surface area contributed by atoms with Gasteiger partial charge in [0.15, 0.2) is 4.67 Å².